The van der Waals surface area contributed by atoms with Crippen LogP contribution < -0.4 is 11.1 Å². The van der Waals surface area contributed by atoms with Gasteiger partial charge in [-0.25, -0.2) is 9.79 Å². The lowest BCUT2D eigenvalue weighted by Crippen LogP contribution is -2.45. The highest BCUT2D eigenvalue weighted by molar-refractivity contribution is 6.04. The van der Waals surface area contributed by atoms with E-state index in [2.05, 4.69) is 10.3 Å². The molecule has 2 aliphatic rings. The van der Waals surface area contributed by atoms with E-state index in [1.54, 1.807) is 11.8 Å². The highest BCUT2D eigenvalue weighted by Crippen LogP contribution is 2.33. The van der Waals surface area contributed by atoms with Gasteiger partial charge in [-0.05, 0) is 19.1 Å². The second kappa shape index (κ2) is 5.81. The zero-order chi connectivity index (χ0) is 14.2. The Kier molecular flexibility index (Phi) is 4.27. The molecule has 0 aromatic heterocycles. The molecule has 1 fully saturated rings. The van der Waals surface area contributed by atoms with Crippen LogP contribution in [0.15, 0.2) is 29.3 Å². The van der Waals surface area contributed by atoms with E-state index in [-0.39, 0.29) is 18.5 Å². The van der Waals surface area contributed by atoms with Crippen molar-refractivity contribution in [1.82, 2.24) is 4.90 Å². The number of rotatable bonds is 1. The summed E-state index contributed by atoms with van der Waals surface area (Å²) in [5.74, 6) is 0.519. The highest BCUT2D eigenvalue weighted by Gasteiger charge is 2.42. The Balaban J connectivity index is 0.00000161. The Morgan fingerprint density at radius 1 is 1.52 bits per heavy atom. The molecule has 6 nitrogen and oxygen atoms in total. The monoisotopic (exact) mass is 310 g/mol. The van der Waals surface area contributed by atoms with Crippen LogP contribution >= 0.6 is 12.4 Å². The molecule has 0 radical (unpaired) electrons. The summed E-state index contributed by atoms with van der Waals surface area (Å²) >= 11 is 0. The highest BCUT2D eigenvalue weighted by atomic mass is 35.5. The lowest BCUT2D eigenvalue weighted by molar-refractivity contribution is 0.114. The number of nitrogens with two attached hydrogens (primary N) is 1. The number of ether oxygens (including phenoxy) is 1. The summed E-state index contributed by atoms with van der Waals surface area (Å²) in [6.07, 6.45) is 0.430. The van der Waals surface area contributed by atoms with Gasteiger partial charge in [-0.2, -0.15) is 0 Å². The fraction of sp³-hybridized carbons (Fsp3) is 0.429. The molecule has 2 aliphatic heterocycles. The van der Waals surface area contributed by atoms with E-state index in [0.29, 0.717) is 25.5 Å². The van der Waals surface area contributed by atoms with Gasteiger partial charge in [-0.3, -0.25) is 0 Å². The van der Waals surface area contributed by atoms with Gasteiger partial charge in [0.15, 0.2) is 5.66 Å². The van der Waals surface area contributed by atoms with Crippen LogP contribution in [0.3, 0.4) is 0 Å². The topological polar surface area (TPSA) is 80.0 Å². The van der Waals surface area contributed by atoms with Crippen LogP contribution in [0.1, 0.15) is 18.9 Å². The minimum absolute atomic E-state index is 0. The Hall–Kier alpha value is -1.95. The fourth-order valence-electron chi connectivity index (χ4n) is 2.74. The number of likely N-dealkylation sites (tertiary alicyclic amines) is 1. The Morgan fingerprint density at radius 2 is 2.29 bits per heavy atom. The van der Waals surface area contributed by atoms with Crippen molar-refractivity contribution in [3.8, 4) is 0 Å². The van der Waals surface area contributed by atoms with Crippen LogP contribution in [0.25, 0.3) is 0 Å². The van der Waals surface area contributed by atoms with E-state index in [1.807, 2.05) is 24.3 Å². The van der Waals surface area contributed by atoms with Crippen molar-refractivity contribution in [2.24, 2.45) is 10.7 Å². The number of hydrogen-bond donors (Lipinski definition) is 2. The number of anilines is 1. The molecule has 1 spiro atoms. The van der Waals surface area contributed by atoms with Crippen molar-refractivity contribution >= 4 is 30.0 Å². The second-order valence-corrected chi connectivity index (χ2v) is 5.07. The number of nitrogens with zero attached hydrogens (tertiary/aromatic N) is 2. The first kappa shape index (κ1) is 15.4. The van der Waals surface area contributed by atoms with E-state index in [4.69, 9.17) is 10.5 Å². The van der Waals surface area contributed by atoms with Crippen LogP contribution in [0.4, 0.5) is 10.5 Å². The van der Waals surface area contributed by atoms with Crippen LogP contribution in [0.2, 0.25) is 0 Å². The molecule has 114 valence electrons. The van der Waals surface area contributed by atoms with Gasteiger partial charge in [0.2, 0.25) is 0 Å². The number of amidine groups is 1. The van der Waals surface area contributed by atoms with E-state index in [0.717, 1.165) is 17.7 Å². The number of carbonyl (C=O) groups excluding carboxylic acids is 1. The van der Waals surface area contributed by atoms with Crippen molar-refractivity contribution in [3.05, 3.63) is 29.8 Å². The predicted octanol–water partition coefficient (Wildman–Crippen LogP) is 1.80. The Labute approximate surface area is 129 Å². The molecule has 21 heavy (non-hydrogen) atoms. The number of fused-ring (bicyclic) bond motifs is 1. The van der Waals surface area contributed by atoms with Gasteiger partial charge in [0, 0.05) is 24.2 Å². The molecule has 0 bridgehead atoms. The number of para-hydroxylation sites is 1. The van der Waals surface area contributed by atoms with E-state index in [9.17, 15) is 4.79 Å². The summed E-state index contributed by atoms with van der Waals surface area (Å²) < 4.78 is 5.04. The predicted molar refractivity (Wildman–Crippen MR) is 84.0 cm³/mol. The number of benzene rings is 1. The minimum Gasteiger partial charge on any atom is -0.450 e. The van der Waals surface area contributed by atoms with Crippen molar-refractivity contribution in [1.29, 1.82) is 0 Å². The maximum Gasteiger partial charge on any atom is 0.409 e. The number of hydrogen-bond acceptors (Lipinski definition) is 5. The zero-order valence-corrected chi connectivity index (χ0v) is 12.7. The van der Waals surface area contributed by atoms with Crippen LogP contribution in [-0.2, 0) is 4.74 Å². The number of halogens is 1. The number of carbonyl (C=O) groups is 1. The van der Waals surface area contributed by atoms with Crippen LogP contribution in [0, 0.1) is 0 Å². The van der Waals surface area contributed by atoms with Gasteiger partial charge < -0.3 is 20.7 Å². The molecule has 1 saturated heterocycles. The average molecular weight is 311 g/mol. The second-order valence-electron chi connectivity index (χ2n) is 5.07. The van der Waals surface area contributed by atoms with E-state index >= 15 is 0 Å². The first-order valence-electron chi connectivity index (χ1n) is 6.78. The largest absolute Gasteiger partial charge is 0.450 e. The Bertz CT molecular complexity index is 578. The molecular formula is C14H19ClN4O2. The lowest BCUT2D eigenvalue weighted by Gasteiger charge is -2.32. The molecule has 1 amide bonds. The normalized spacial score (nSPS) is 22.9. The first-order chi connectivity index (χ1) is 9.63. The molecule has 1 aromatic rings. The van der Waals surface area contributed by atoms with Crippen LogP contribution in [0.5, 0.6) is 0 Å². The molecule has 7 heteroatoms. The molecule has 1 atom stereocenters. The molecule has 3 rings (SSSR count). The molecule has 1 aromatic carbocycles. The number of aliphatic imine (C=N–C) groups is 1. The van der Waals surface area contributed by atoms with Crippen molar-refractivity contribution in [3.63, 3.8) is 0 Å². The SMILES string of the molecule is CCOC(=O)N1CCC2(C1)N=C(N)c1ccccc1N2.Cl. The third-order valence-electron chi connectivity index (χ3n) is 3.68. The van der Waals surface area contributed by atoms with E-state index < -0.39 is 5.66 Å². The summed E-state index contributed by atoms with van der Waals surface area (Å²) in [5.41, 5.74) is 7.41. The maximum atomic E-state index is 11.8. The minimum atomic E-state index is -0.523. The molecule has 2 heterocycles. The van der Waals surface area contributed by atoms with Gasteiger partial charge in [0.05, 0.1) is 13.2 Å². The summed E-state index contributed by atoms with van der Waals surface area (Å²) in [4.78, 5) is 18.0. The van der Waals surface area contributed by atoms with Gasteiger partial charge in [-0.15, -0.1) is 12.4 Å². The maximum absolute atomic E-state index is 11.8. The third kappa shape index (κ3) is 2.76. The summed E-state index contributed by atoms with van der Waals surface area (Å²) in [5, 5.41) is 3.41. The smallest absolute Gasteiger partial charge is 0.409 e. The zero-order valence-electron chi connectivity index (χ0n) is 11.8. The molecule has 0 aliphatic carbocycles. The molecule has 1 unspecified atom stereocenters. The molecular weight excluding hydrogens is 292 g/mol. The van der Waals surface area contributed by atoms with Gasteiger partial charge in [0.1, 0.15) is 5.84 Å². The first-order valence-corrected chi connectivity index (χ1v) is 6.78. The molecule has 3 N–H and O–H groups in total. The average Bonchev–Trinajstić information content (AvgIpc) is 2.83. The van der Waals surface area contributed by atoms with E-state index in [1.165, 1.54) is 0 Å². The van der Waals surface area contributed by atoms with Gasteiger partial charge in [0.25, 0.3) is 0 Å². The van der Waals surface area contributed by atoms with Crippen molar-refractivity contribution in [2.45, 2.75) is 19.0 Å². The van der Waals surface area contributed by atoms with Gasteiger partial charge in [-0.1, -0.05) is 12.1 Å². The summed E-state index contributed by atoms with van der Waals surface area (Å²) in [6, 6.07) is 7.80. The number of nitrogens with one attached hydrogen (secondary N) is 1. The quantitative estimate of drug-likeness (QED) is 0.829. The van der Waals surface area contributed by atoms with Crippen LogP contribution in [-0.4, -0.2) is 42.2 Å². The van der Waals surface area contributed by atoms with Crippen molar-refractivity contribution in [2.75, 3.05) is 25.0 Å². The summed E-state index contributed by atoms with van der Waals surface area (Å²) in [7, 11) is 0. The lowest BCUT2D eigenvalue weighted by atomic mass is 10.0. The third-order valence-corrected chi connectivity index (χ3v) is 3.68. The van der Waals surface area contributed by atoms with Crippen molar-refractivity contribution < 1.29 is 9.53 Å². The fourth-order valence-corrected chi connectivity index (χ4v) is 2.74. The standard InChI is InChI=1S/C14H18N4O2.ClH/c1-2-20-13(19)18-8-7-14(9-18)16-11-6-4-3-5-10(11)12(15)17-14;/h3-6,16H,2,7-9H2,1H3,(H2,15,17);1H. The summed E-state index contributed by atoms with van der Waals surface area (Å²) in [6.45, 7) is 3.27. The Morgan fingerprint density at radius 3 is 3.05 bits per heavy atom. The molecule has 0 saturated carbocycles. The number of amides is 1. The van der Waals surface area contributed by atoms with Gasteiger partial charge >= 0.3 is 6.09 Å².